The Morgan fingerprint density at radius 1 is 1.30 bits per heavy atom. The van der Waals surface area contributed by atoms with Crippen molar-refractivity contribution in [2.45, 2.75) is 45.3 Å². The number of nitrogens with zero attached hydrogens (tertiary/aromatic N) is 2. The minimum atomic E-state index is -0.428. The molecule has 6 heteroatoms. The van der Waals surface area contributed by atoms with Crippen molar-refractivity contribution in [3.05, 3.63) is 47.0 Å². The Bertz CT molecular complexity index is 1120. The highest BCUT2D eigenvalue weighted by molar-refractivity contribution is 6.21. The molecule has 2 heterocycles. The number of nitrogens with one attached hydrogen (secondary N) is 1. The Labute approximate surface area is 195 Å². The Morgan fingerprint density at radius 3 is 2.88 bits per heavy atom. The van der Waals surface area contributed by atoms with Crippen LogP contribution in [0.4, 0.5) is 0 Å². The second kappa shape index (κ2) is 10.7. The quantitative estimate of drug-likeness (QED) is 0.524. The molecule has 1 atom stereocenters. The zero-order valence-electron chi connectivity index (χ0n) is 19.4. The summed E-state index contributed by atoms with van der Waals surface area (Å²) in [5, 5.41) is 4.45. The molecule has 2 aromatic rings. The van der Waals surface area contributed by atoms with E-state index in [0.29, 0.717) is 32.1 Å². The van der Waals surface area contributed by atoms with E-state index < -0.39 is 5.92 Å². The maximum absolute atomic E-state index is 12.5. The number of carbonyl (C=O) groups is 2. The van der Waals surface area contributed by atoms with E-state index in [0.717, 1.165) is 65.5 Å². The second-order valence-corrected chi connectivity index (χ2v) is 8.82. The normalized spacial score (nSPS) is 17.1. The number of rotatable bonds is 7. The van der Waals surface area contributed by atoms with Crippen LogP contribution < -0.4 is 5.32 Å². The number of imide groups is 1. The van der Waals surface area contributed by atoms with Gasteiger partial charge in [0.15, 0.2) is 0 Å². The molecule has 6 nitrogen and oxygen atoms in total. The lowest BCUT2D eigenvalue weighted by Crippen LogP contribution is -2.34. The van der Waals surface area contributed by atoms with Crippen LogP contribution in [-0.2, 0) is 20.9 Å². The van der Waals surface area contributed by atoms with Gasteiger partial charge in [0.2, 0.25) is 12.3 Å². The summed E-state index contributed by atoms with van der Waals surface area (Å²) in [4.78, 5) is 30.4. The molecule has 0 aromatic heterocycles. The van der Waals surface area contributed by atoms with E-state index in [1.54, 1.807) is 0 Å². The first kappa shape index (κ1) is 23.2. The average Bonchev–Trinajstić information content (AvgIpc) is 3.25. The molecule has 0 radical (unpaired) electrons. The molecule has 2 aliphatic rings. The highest BCUT2D eigenvalue weighted by Crippen LogP contribution is 2.32. The zero-order valence-corrected chi connectivity index (χ0v) is 19.4. The maximum Gasteiger partial charge on any atom is 0.235 e. The SMILES string of the molecule is CCCC(C(=O)NC=O)C1=NCc2ccc3cc(C#CCOC4CCN(C)CC4)ccc3c21. The number of ether oxygens (including phenoxy) is 1. The van der Waals surface area contributed by atoms with Crippen molar-refractivity contribution < 1.29 is 14.3 Å². The Hall–Kier alpha value is -3.01. The average molecular weight is 446 g/mol. The van der Waals surface area contributed by atoms with Crippen LogP contribution in [-0.4, -0.2) is 55.8 Å². The van der Waals surface area contributed by atoms with Gasteiger partial charge in [0.25, 0.3) is 0 Å². The molecular formula is C27H31N3O3. The fraction of sp³-hybridized carbons (Fsp3) is 0.444. The highest BCUT2D eigenvalue weighted by atomic mass is 16.5. The first-order valence-electron chi connectivity index (χ1n) is 11.7. The minimum absolute atomic E-state index is 0.289. The molecule has 0 spiro atoms. The molecule has 1 N–H and O–H groups in total. The fourth-order valence-electron chi connectivity index (χ4n) is 4.71. The summed E-state index contributed by atoms with van der Waals surface area (Å²) in [7, 11) is 2.14. The summed E-state index contributed by atoms with van der Waals surface area (Å²) in [5.74, 6) is 5.66. The van der Waals surface area contributed by atoms with Crippen molar-refractivity contribution in [3.8, 4) is 11.8 Å². The van der Waals surface area contributed by atoms with Gasteiger partial charge in [-0.3, -0.25) is 19.9 Å². The number of hydrogen-bond acceptors (Lipinski definition) is 5. The van der Waals surface area contributed by atoms with Crippen LogP contribution >= 0.6 is 0 Å². The molecule has 0 saturated carbocycles. The highest BCUT2D eigenvalue weighted by Gasteiger charge is 2.30. The van der Waals surface area contributed by atoms with Crippen LogP contribution in [0, 0.1) is 17.8 Å². The lowest BCUT2D eigenvalue weighted by molar-refractivity contribution is -0.126. The fourth-order valence-corrected chi connectivity index (χ4v) is 4.71. The summed E-state index contributed by atoms with van der Waals surface area (Å²) in [6.45, 7) is 5.19. The number of benzene rings is 2. The third-order valence-corrected chi connectivity index (χ3v) is 6.50. The van der Waals surface area contributed by atoms with E-state index in [9.17, 15) is 9.59 Å². The third-order valence-electron chi connectivity index (χ3n) is 6.50. The van der Waals surface area contributed by atoms with Gasteiger partial charge in [0.1, 0.15) is 6.61 Å². The van der Waals surface area contributed by atoms with E-state index in [1.165, 1.54) is 0 Å². The molecule has 2 amide bonds. The van der Waals surface area contributed by atoms with Gasteiger partial charge in [-0.2, -0.15) is 0 Å². The Morgan fingerprint density at radius 2 is 2.12 bits per heavy atom. The molecule has 1 saturated heterocycles. The van der Waals surface area contributed by atoms with Gasteiger partial charge in [0, 0.05) is 24.2 Å². The molecule has 0 bridgehead atoms. The number of fused-ring (bicyclic) bond motifs is 3. The van der Waals surface area contributed by atoms with Crippen molar-refractivity contribution in [2.75, 3.05) is 26.7 Å². The summed E-state index contributed by atoms with van der Waals surface area (Å²) in [6, 6.07) is 10.3. The van der Waals surface area contributed by atoms with Crippen LogP contribution in [0.3, 0.4) is 0 Å². The van der Waals surface area contributed by atoms with Crippen molar-refractivity contribution >= 4 is 28.8 Å². The molecule has 33 heavy (non-hydrogen) atoms. The van der Waals surface area contributed by atoms with Crippen LogP contribution in [0.25, 0.3) is 10.8 Å². The predicted octanol–water partition coefficient (Wildman–Crippen LogP) is 3.29. The van der Waals surface area contributed by atoms with Gasteiger partial charge in [-0.1, -0.05) is 43.4 Å². The van der Waals surface area contributed by atoms with E-state index in [1.807, 2.05) is 13.0 Å². The number of likely N-dealkylation sites (tertiary alicyclic amines) is 1. The van der Waals surface area contributed by atoms with E-state index >= 15 is 0 Å². The summed E-state index contributed by atoms with van der Waals surface area (Å²) < 4.78 is 5.93. The van der Waals surface area contributed by atoms with Gasteiger partial charge in [-0.25, -0.2) is 0 Å². The molecule has 1 unspecified atom stereocenters. The first-order valence-corrected chi connectivity index (χ1v) is 11.7. The minimum Gasteiger partial charge on any atom is -0.365 e. The second-order valence-electron chi connectivity index (χ2n) is 8.82. The van der Waals surface area contributed by atoms with Crippen molar-refractivity contribution in [1.82, 2.24) is 10.2 Å². The molecule has 172 valence electrons. The largest absolute Gasteiger partial charge is 0.365 e. The molecule has 2 aromatic carbocycles. The van der Waals surface area contributed by atoms with Crippen LogP contribution in [0.15, 0.2) is 35.3 Å². The maximum atomic E-state index is 12.5. The molecular weight excluding hydrogens is 414 g/mol. The predicted molar refractivity (Wildman–Crippen MR) is 130 cm³/mol. The van der Waals surface area contributed by atoms with Crippen molar-refractivity contribution in [1.29, 1.82) is 0 Å². The first-order chi connectivity index (χ1) is 16.1. The van der Waals surface area contributed by atoms with Crippen LogP contribution in [0.2, 0.25) is 0 Å². The molecule has 2 aliphatic heterocycles. The van der Waals surface area contributed by atoms with Gasteiger partial charge in [-0.15, -0.1) is 0 Å². The number of piperidine rings is 1. The van der Waals surface area contributed by atoms with E-state index in [4.69, 9.17) is 9.73 Å². The summed E-state index contributed by atoms with van der Waals surface area (Å²) in [6.07, 6.45) is 4.36. The molecule has 4 rings (SSSR count). The van der Waals surface area contributed by atoms with Gasteiger partial charge in [-0.05, 0) is 54.8 Å². The van der Waals surface area contributed by atoms with Crippen LogP contribution in [0.1, 0.15) is 49.3 Å². The monoisotopic (exact) mass is 445 g/mol. The summed E-state index contributed by atoms with van der Waals surface area (Å²) in [5.41, 5.74) is 3.86. The smallest absolute Gasteiger partial charge is 0.235 e. The van der Waals surface area contributed by atoms with Gasteiger partial charge >= 0.3 is 0 Å². The van der Waals surface area contributed by atoms with Gasteiger partial charge in [0.05, 0.1) is 24.3 Å². The Kier molecular flexibility index (Phi) is 7.54. The van der Waals surface area contributed by atoms with E-state index in [2.05, 4.69) is 53.4 Å². The van der Waals surface area contributed by atoms with Gasteiger partial charge < -0.3 is 9.64 Å². The topological polar surface area (TPSA) is 71.0 Å². The number of amides is 2. The third kappa shape index (κ3) is 5.32. The molecule has 0 aliphatic carbocycles. The lowest BCUT2D eigenvalue weighted by atomic mass is 9.87. The standard InChI is InChI=1S/C27H31N3O3/c1-3-5-24(27(32)29-18-31)26-25-21(17-28-26)9-8-20-16-19(7-10-23(20)25)6-4-15-33-22-11-13-30(2)14-12-22/h7-10,16,18,22,24H,3,5,11-15,17H2,1-2H3,(H,29,31,32). The van der Waals surface area contributed by atoms with Crippen molar-refractivity contribution in [2.24, 2.45) is 10.9 Å². The van der Waals surface area contributed by atoms with Crippen LogP contribution in [0.5, 0.6) is 0 Å². The zero-order chi connectivity index (χ0) is 23.2. The van der Waals surface area contributed by atoms with Crippen molar-refractivity contribution in [3.63, 3.8) is 0 Å². The number of hydrogen-bond donors (Lipinski definition) is 1. The number of carbonyl (C=O) groups excluding carboxylic acids is 2. The number of aliphatic imine (C=N–C) groups is 1. The lowest BCUT2D eigenvalue weighted by Gasteiger charge is -2.28. The summed E-state index contributed by atoms with van der Waals surface area (Å²) >= 11 is 0. The Balaban J connectivity index is 1.52. The van der Waals surface area contributed by atoms with E-state index in [-0.39, 0.29) is 5.91 Å². The molecule has 1 fully saturated rings.